The maximum Gasteiger partial charge on any atom is 0.309 e. The molecule has 102 valence electrons. The summed E-state index contributed by atoms with van der Waals surface area (Å²) in [6.07, 6.45) is 5.71. The molecule has 1 fully saturated rings. The normalized spacial score (nSPS) is 16.2. The molecule has 0 bridgehead atoms. The van der Waals surface area contributed by atoms with Crippen LogP contribution in [0.25, 0.3) is 0 Å². The summed E-state index contributed by atoms with van der Waals surface area (Å²) < 4.78 is 5.00. The fraction of sp³-hybridized carbons (Fsp3) is 0.538. The fourth-order valence-corrected chi connectivity index (χ4v) is 2.17. The van der Waals surface area contributed by atoms with Crippen molar-refractivity contribution in [1.82, 2.24) is 14.9 Å². The molecule has 1 aliphatic heterocycles. The monoisotopic (exact) mass is 263 g/mol. The first-order chi connectivity index (χ1) is 9.22. The highest BCUT2D eigenvalue weighted by molar-refractivity contribution is 5.93. The number of aromatic nitrogens is 2. The van der Waals surface area contributed by atoms with E-state index in [4.69, 9.17) is 4.74 Å². The Morgan fingerprint density at radius 3 is 2.53 bits per heavy atom. The predicted molar refractivity (Wildman–Crippen MR) is 67.3 cm³/mol. The molecule has 2 heterocycles. The number of rotatable bonds is 3. The molecule has 0 radical (unpaired) electrons. The van der Waals surface area contributed by atoms with E-state index in [-0.39, 0.29) is 17.8 Å². The van der Waals surface area contributed by atoms with Crippen LogP contribution in [0.15, 0.2) is 18.7 Å². The van der Waals surface area contributed by atoms with Gasteiger partial charge >= 0.3 is 5.97 Å². The van der Waals surface area contributed by atoms with Crippen molar-refractivity contribution >= 4 is 11.9 Å². The molecule has 1 aromatic heterocycles. The molecule has 0 aromatic carbocycles. The fourth-order valence-electron chi connectivity index (χ4n) is 2.17. The zero-order valence-electron chi connectivity index (χ0n) is 10.9. The molecule has 0 spiro atoms. The van der Waals surface area contributed by atoms with E-state index in [1.165, 1.54) is 18.7 Å². The SMILES string of the molecule is CCOC(=O)C1CCN(C(=O)c2cncnc2)CC1. The van der Waals surface area contributed by atoms with Crippen molar-refractivity contribution in [2.24, 2.45) is 5.92 Å². The van der Waals surface area contributed by atoms with Crippen LogP contribution < -0.4 is 0 Å². The van der Waals surface area contributed by atoms with Crippen molar-refractivity contribution in [3.05, 3.63) is 24.3 Å². The number of nitrogens with zero attached hydrogens (tertiary/aromatic N) is 3. The van der Waals surface area contributed by atoms with Gasteiger partial charge in [0.1, 0.15) is 6.33 Å². The third-order valence-electron chi connectivity index (χ3n) is 3.21. The van der Waals surface area contributed by atoms with Crippen LogP contribution in [0.3, 0.4) is 0 Å². The number of carbonyl (C=O) groups is 2. The first kappa shape index (κ1) is 13.5. The Hall–Kier alpha value is -1.98. The average Bonchev–Trinajstić information content (AvgIpc) is 2.48. The van der Waals surface area contributed by atoms with Crippen LogP contribution in [0.2, 0.25) is 0 Å². The number of likely N-dealkylation sites (tertiary alicyclic amines) is 1. The first-order valence-electron chi connectivity index (χ1n) is 6.43. The average molecular weight is 263 g/mol. The van der Waals surface area contributed by atoms with E-state index in [9.17, 15) is 9.59 Å². The maximum atomic E-state index is 12.1. The van der Waals surface area contributed by atoms with Crippen molar-refractivity contribution in [3.8, 4) is 0 Å². The number of hydrogen-bond acceptors (Lipinski definition) is 5. The van der Waals surface area contributed by atoms with E-state index < -0.39 is 0 Å². The van der Waals surface area contributed by atoms with Crippen LogP contribution in [0, 0.1) is 5.92 Å². The number of esters is 1. The number of hydrogen-bond donors (Lipinski definition) is 0. The van der Waals surface area contributed by atoms with Gasteiger partial charge in [0.15, 0.2) is 0 Å². The lowest BCUT2D eigenvalue weighted by Crippen LogP contribution is -2.40. The van der Waals surface area contributed by atoms with Crippen LogP contribution in [0.4, 0.5) is 0 Å². The molecule has 1 aromatic rings. The summed E-state index contributed by atoms with van der Waals surface area (Å²) >= 11 is 0. The van der Waals surface area contributed by atoms with Gasteiger partial charge in [-0.25, -0.2) is 9.97 Å². The topological polar surface area (TPSA) is 72.4 Å². The van der Waals surface area contributed by atoms with Gasteiger partial charge in [-0.3, -0.25) is 9.59 Å². The van der Waals surface area contributed by atoms with Crippen LogP contribution in [0.5, 0.6) is 0 Å². The summed E-state index contributed by atoms with van der Waals surface area (Å²) in [6.45, 7) is 3.33. The van der Waals surface area contributed by atoms with E-state index in [0.717, 1.165) is 0 Å². The molecule has 2 rings (SSSR count). The molecule has 0 unspecified atom stereocenters. The van der Waals surface area contributed by atoms with Crippen LogP contribution in [-0.4, -0.2) is 46.4 Å². The van der Waals surface area contributed by atoms with Gasteiger partial charge in [-0.05, 0) is 19.8 Å². The molecule has 1 aliphatic rings. The lowest BCUT2D eigenvalue weighted by atomic mass is 9.96. The molecule has 0 aliphatic carbocycles. The summed E-state index contributed by atoms with van der Waals surface area (Å²) in [6, 6.07) is 0. The minimum atomic E-state index is -0.155. The second kappa shape index (κ2) is 6.26. The molecule has 1 amide bonds. The Morgan fingerprint density at radius 2 is 1.95 bits per heavy atom. The van der Waals surface area contributed by atoms with Crippen molar-refractivity contribution in [2.45, 2.75) is 19.8 Å². The minimum absolute atomic E-state index is 0.0806. The Labute approximate surface area is 111 Å². The van der Waals surface area contributed by atoms with E-state index >= 15 is 0 Å². The van der Waals surface area contributed by atoms with Crippen LogP contribution >= 0.6 is 0 Å². The van der Waals surface area contributed by atoms with E-state index in [1.807, 2.05) is 0 Å². The number of carbonyl (C=O) groups excluding carboxylic acids is 2. The quantitative estimate of drug-likeness (QED) is 0.757. The number of ether oxygens (including phenoxy) is 1. The van der Waals surface area contributed by atoms with E-state index in [0.29, 0.717) is 38.1 Å². The molecule has 19 heavy (non-hydrogen) atoms. The lowest BCUT2D eigenvalue weighted by Gasteiger charge is -2.30. The second-order valence-corrected chi connectivity index (χ2v) is 4.45. The van der Waals surface area contributed by atoms with Crippen LogP contribution in [-0.2, 0) is 9.53 Å². The highest BCUT2D eigenvalue weighted by Gasteiger charge is 2.28. The lowest BCUT2D eigenvalue weighted by molar-refractivity contribution is -0.149. The van der Waals surface area contributed by atoms with E-state index in [2.05, 4.69) is 9.97 Å². The van der Waals surface area contributed by atoms with Gasteiger partial charge in [-0.15, -0.1) is 0 Å². The van der Waals surface area contributed by atoms with Gasteiger partial charge in [0.05, 0.1) is 18.1 Å². The van der Waals surface area contributed by atoms with Crippen molar-refractivity contribution < 1.29 is 14.3 Å². The van der Waals surface area contributed by atoms with Gasteiger partial charge in [0.2, 0.25) is 0 Å². The maximum absolute atomic E-state index is 12.1. The number of amides is 1. The molecular weight excluding hydrogens is 246 g/mol. The molecule has 0 saturated carbocycles. The standard InChI is InChI=1S/C13H17N3O3/c1-2-19-13(18)10-3-5-16(6-4-10)12(17)11-7-14-9-15-8-11/h7-10H,2-6H2,1H3. The summed E-state index contributed by atoms with van der Waals surface area (Å²) in [5.41, 5.74) is 0.483. The van der Waals surface area contributed by atoms with Crippen molar-refractivity contribution in [3.63, 3.8) is 0 Å². The Balaban J connectivity index is 1.90. The summed E-state index contributed by atoms with van der Waals surface area (Å²) in [7, 11) is 0. The Bertz CT molecular complexity index is 442. The van der Waals surface area contributed by atoms with Gasteiger partial charge in [0.25, 0.3) is 5.91 Å². The largest absolute Gasteiger partial charge is 0.466 e. The smallest absolute Gasteiger partial charge is 0.309 e. The predicted octanol–water partition coefficient (Wildman–Crippen LogP) is 0.892. The third kappa shape index (κ3) is 3.27. The van der Waals surface area contributed by atoms with Gasteiger partial charge in [-0.2, -0.15) is 0 Å². The summed E-state index contributed by atoms with van der Waals surface area (Å²) in [5.74, 6) is -0.323. The molecule has 0 N–H and O–H groups in total. The third-order valence-corrected chi connectivity index (χ3v) is 3.21. The zero-order chi connectivity index (χ0) is 13.7. The molecule has 1 saturated heterocycles. The second-order valence-electron chi connectivity index (χ2n) is 4.45. The molecule has 0 atom stereocenters. The molecular formula is C13H17N3O3. The minimum Gasteiger partial charge on any atom is -0.466 e. The highest BCUT2D eigenvalue weighted by atomic mass is 16.5. The van der Waals surface area contributed by atoms with Crippen molar-refractivity contribution in [1.29, 1.82) is 0 Å². The Morgan fingerprint density at radius 1 is 1.32 bits per heavy atom. The molecule has 6 nitrogen and oxygen atoms in total. The highest BCUT2D eigenvalue weighted by Crippen LogP contribution is 2.20. The summed E-state index contributed by atoms with van der Waals surface area (Å²) in [5, 5.41) is 0. The number of piperidine rings is 1. The van der Waals surface area contributed by atoms with E-state index in [1.54, 1.807) is 11.8 Å². The molecule has 6 heteroatoms. The summed E-state index contributed by atoms with van der Waals surface area (Å²) in [4.78, 5) is 33.1. The first-order valence-corrected chi connectivity index (χ1v) is 6.43. The van der Waals surface area contributed by atoms with Gasteiger partial charge < -0.3 is 9.64 Å². The van der Waals surface area contributed by atoms with Crippen LogP contribution in [0.1, 0.15) is 30.1 Å². The van der Waals surface area contributed by atoms with Gasteiger partial charge in [0, 0.05) is 25.5 Å². The zero-order valence-corrected chi connectivity index (χ0v) is 10.9. The van der Waals surface area contributed by atoms with Gasteiger partial charge in [-0.1, -0.05) is 0 Å². The van der Waals surface area contributed by atoms with Crippen molar-refractivity contribution in [2.75, 3.05) is 19.7 Å². The Kier molecular flexibility index (Phi) is 4.43.